The Morgan fingerprint density at radius 1 is 1.29 bits per heavy atom. The van der Waals surface area contributed by atoms with Crippen LogP contribution >= 0.6 is 23.2 Å². The van der Waals surface area contributed by atoms with Crippen molar-refractivity contribution in [1.82, 2.24) is 0 Å². The third kappa shape index (κ3) is 5.59. The van der Waals surface area contributed by atoms with Gasteiger partial charge < -0.3 is 14.3 Å². The van der Waals surface area contributed by atoms with Crippen molar-refractivity contribution in [3.05, 3.63) is 28.2 Å². The van der Waals surface area contributed by atoms with Crippen LogP contribution in [-0.4, -0.2) is 50.0 Å². The maximum atomic E-state index is 9.78. The predicted octanol–water partition coefficient (Wildman–Crippen LogP) is 2.44. The lowest BCUT2D eigenvalue weighted by atomic mass is 10.3. The summed E-state index contributed by atoms with van der Waals surface area (Å²) in [7, 11) is 6.04. The minimum absolute atomic E-state index is 0.219. The molecule has 0 heterocycles. The van der Waals surface area contributed by atoms with Crippen LogP contribution in [0.25, 0.3) is 0 Å². The van der Waals surface area contributed by atoms with E-state index in [0.717, 1.165) is 0 Å². The Kier molecular flexibility index (Phi) is 5.07. The number of nitrogens with zero attached hydrogens (tertiary/aromatic N) is 1. The number of aliphatic hydroxyl groups is 1. The second-order valence-corrected chi connectivity index (χ2v) is 5.86. The van der Waals surface area contributed by atoms with Crippen LogP contribution in [0, 0.1) is 0 Å². The molecular weight excluding hydrogens is 261 g/mol. The van der Waals surface area contributed by atoms with Crippen molar-refractivity contribution in [3.8, 4) is 5.75 Å². The molecule has 0 saturated heterocycles. The molecule has 0 bridgehead atoms. The molecule has 0 aliphatic carbocycles. The van der Waals surface area contributed by atoms with E-state index in [-0.39, 0.29) is 6.61 Å². The normalized spacial score (nSPS) is 13.5. The van der Waals surface area contributed by atoms with Crippen LogP contribution in [0.15, 0.2) is 18.2 Å². The highest BCUT2D eigenvalue weighted by Crippen LogP contribution is 2.27. The van der Waals surface area contributed by atoms with Crippen molar-refractivity contribution >= 4 is 23.2 Å². The summed E-state index contributed by atoms with van der Waals surface area (Å²) in [5.74, 6) is 0.538. The molecule has 0 radical (unpaired) electrons. The molecule has 1 atom stereocenters. The van der Waals surface area contributed by atoms with Crippen LogP contribution in [0.3, 0.4) is 0 Å². The molecule has 0 unspecified atom stereocenters. The standard InChI is InChI=1S/C12H18Cl2NO2/c1-15(2,3)7-10(16)8-17-12-5-4-9(13)6-11(12)14/h4-6,10,16H,7-8H2,1-3H3/q+1/t10-/m0/s1. The second-order valence-electron chi connectivity index (χ2n) is 5.01. The first-order valence-corrected chi connectivity index (χ1v) is 6.10. The Labute approximate surface area is 112 Å². The van der Waals surface area contributed by atoms with Crippen LogP contribution in [-0.2, 0) is 0 Å². The van der Waals surface area contributed by atoms with Crippen molar-refractivity contribution in [2.24, 2.45) is 0 Å². The van der Waals surface area contributed by atoms with Gasteiger partial charge in [-0.05, 0) is 18.2 Å². The van der Waals surface area contributed by atoms with E-state index in [1.54, 1.807) is 18.2 Å². The fourth-order valence-corrected chi connectivity index (χ4v) is 1.93. The third-order valence-electron chi connectivity index (χ3n) is 2.08. The molecule has 0 aromatic heterocycles. The molecule has 5 heteroatoms. The number of quaternary nitrogens is 1. The van der Waals surface area contributed by atoms with E-state index in [2.05, 4.69) is 0 Å². The van der Waals surface area contributed by atoms with Gasteiger partial charge >= 0.3 is 0 Å². The van der Waals surface area contributed by atoms with Crippen LogP contribution in [0.4, 0.5) is 0 Å². The topological polar surface area (TPSA) is 29.5 Å². The summed E-state index contributed by atoms with van der Waals surface area (Å²) < 4.78 is 6.13. The van der Waals surface area contributed by atoms with Gasteiger partial charge in [0.2, 0.25) is 0 Å². The molecule has 0 spiro atoms. The van der Waals surface area contributed by atoms with E-state index in [0.29, 0.717) is 26.8 Å². The lowest BCUT2D eigenvalue weighted by molar-refractivity contribution is -0.873. The Morgan fingerprint density at radius 2 is 1.94 bits per heavy atom. The number of likely N-dealkylation sites (N-methyl/N-ethyl adjacent to an activating group) is 1. The maximum Gasteiger partial charge on any atom is 0.138 e. The van der Waals surface area contributed by atoms with E-state index in [9.17, 15) is 5.11 Å². The second kappa shape index (κ2) is 5.91. The van der Waals surface area contributed by atoms with Gasteiger partial charge in [-0.3, -0.25) is 0 Å². The molecule has 0 saturated carbocycles. The van der Waals surface area contributed by atoms with Gasteiger partial charge in [0, 0.05) is 5.02 Å². The average Bonchev–Trinajstić information content (AvgIpc) is 2.13. The zero-order valence-electron chi connectivity index (χ0n) is 10.3. The third-order valence-corrected chi connectivity index (χ3v) is 2.61. The van der Waals surface area contributed by atoms with E-state index < -0.39 is 6.10 Å². The number of aliphatic hydroxyl groups excluding tert-OH is 1. The number of halogens is 2. The van der Waals surface area contributed by atoms with Gasteiger partial charge in [0.25, 0.3) is 0 Å². The van der Waals surface area contributed by atoms with Gasteiger partial charge in [-0.1, -0.05) is 23.2 Å². The van der Waals surface area contributed by atoms with Crippen molar-refractivity contribution < 1.29 is 14.3 Å². The van der Waals surface area contributed by atoms with Gasteiger partial charge in [-0.25, -0.2) is 0 Å². The molecule has 17 heavy (non-hydrogen) atoms. The molecule has 96 valence electrons. The first kappa shape index (κ1) is 14.6. The van der Waals surface area contributed by atoms with Crippen LogP contribution in [0.5, 0.6) is 5.75 Å². The Hall–Kier alpha value is -0.480. The first-order chi connectivity index (χ1) is 7.78. The van der Waals surface area contributed by atoms with Crippen molar-refractivity contribution in [2.45, 2.75) is 6.10 Å². The molecule has 0 amide bonds. The SMILES string of the molecule is C[N+](C)(C)C[C@H](O)COc1ccc(Cl)cc1Cl. The molecule has 0 aliphatic heterocycles. The van der Waals surface area contributed by atoms with Crippen LogP contribution in [0.1, 0.15) is 0 Å². The fraction of sp³-hybridized carbons (Fsp3) is 0.500. The van der Waals surface area contributed by atoms with Crippen LogP contribution < -0.4 is 4.74 Å². The molecule has 1 aromatic carbocycles. The zero-order valence-corrected chi connectivity index (χ0v) is 11.8. The number of hydrogen-bond acceptors (Lipinski definition) is 2. The van der Waals surface area contributed by atoms with E-state index in [1.807, 2.05) is 21.1 Å². The summed E-state index contributed by atoms with van der Waals surface area (Å²) in [6, 6.07) is 5.02. The van der Waals surface area contributed by atoms with Gasteiger partial charge in [0.1, 0.15) is 25.0 Å². The molecule has 1 N–H and O–H groups in total. The summed E-state index contributed by atoms with van der Waals surface area (Å²) in [5.41, 5.74) is 0. The summed E-state index contributed by atoms with van der Waals surface area (Å²) in [5, 5.41) is 10.8. The lowest BCUT2D eigenvalue weighted by Gasteiger charge is -2.26. The van der Waals surface area contributed by atoms with E-state index in [4.69, 9.17) is 27.9 Å². The molecule has 3 nitrogen and oxygen atoms in total. The van der Waals surface area contributed by atoms with Crippen molar-refractivity contribution in [1.29, 1.82) is 0 Å². The highest BCUT2D eigenvalue weighted by molar-refractivity contribution is 6.35. The first-order valence-electron chi connectivity index (χ1n) is 5.34. The average molecular weight is 279 g/mol. The Balaban J connectivity index is 2.50. The predicted molar refractivity (Wildman–Crippen MR) is 70.9 cm³/mol. The number of rotatable bonds is 5. The molecular formula is C12H18Cl2NO2+. The van der Waals surface area contributed by atoms with Gasteiger partial charge in [0.05, 0.1) is 26.2 Å². The number of ether oxygens (including phenoxy) is 1. The molecule has 0 fully saturated rings. The summed E-state index contributed by atoms with van der Waals surface area (Å²) in [4.78, 5) is 0. The summed E-state index contributed by atoms with van der Waals surface area (Å²) >= 11 is 11.7. The van der Waals surface area contributed by atoms with Gasteiger partial charge in [-0.2, -0.15) is 0 Å². The fourth-order valence-electron chi connectivity index (χ4n) is 1.46. The zero-order chi connectivity index (χ0) is 13.1. The van der Waals surface area contributed by atoms with Crippen molar-refractivity contribution in [2.75, 3.05) is 34.3 Å². The smallest absolute Gasteiger partial charge is 0.138 e. The Morgan fingerprint density at radius 3 is 2.47 bits per heavy atom. The minimum atomic E-state index is -0.526. The monoisotopic (exact) mass is 278 g/mol. The van der Waals surface area contributed by atoms with E-state index >= 15 is 0 Å². The lowest BCUT2D eigenvalue weighted by Crippen LogP contribution is -2.43. The summed E-state index contributed by atoms with van der Waals surface area (Å²) in [6.45, 7) is 0.835. The van der Waals surface area contributed by atoms with Gasteiger partial charge in [-0.15, -0.1) is 0 Å². The quantitative estimate of drug-likeness (QED) is 0.839. The molecule has 0 aliphatic rings. The van der Waals surface area contributed by atoms with Crippen molar-refractivity contribution in [3.63, 3.8) is 0 Å². The molecule has 1 aromatic rings. The largest absolute Gasteiger partial charge is 0.489 e. The van der Waals surface area contributed by atoms with Crippen LogP contribution in [0.2, 0.25) is 10.0 Å². The molecule has 1 rings (SSSR count). The number of benzene rings is 1. The highest BCUT2D eigenvalue weighted by atomic mass is 35.5. The maximum absolute atomic E-state index is 9.78. The summed E-state index contributed by atoms with van der Waals surface area (Å²) in [6.07, 6.45) is -0.526. The highest BCUT2D eigenvalue weighted by Gasteiger charge is 2.16. The van der Waals surface area contributed by atoms with E-state index in [1.165, 1.54) is 0 Å². The Bertz CT molecular complexity index is 377. The minimum Gasteiger partial charge on any atom is -0.489 e. The number of hydrogen-bond donors (Lipinski definition) is 1. The van der Waals surface area contributed by atoms with Gasteiger partial charge in [0.15, 0.2) is 0 Å².